The topological polar surface area (TPSA) is 212 Å². The summed E-state index contributed by atoms with van der Waals surface area (Å²) in [4.78, 5) is 51.4. The van der Waals surface area contributed by atoms with E-state index in [0.29, 0.717) is 34.1 Å². The first-order valence-corrected chi connectivity index (χ1v) is 12.1. The first-order valence-electron chi connectivity index (χ1n) is 12.1. The highest BCUT2D eigenvalue weighted by molar-refractivity contribution is 5.85. The number of rotatable bonds is 9. The average molecular weight is 586 g/mol. The SMILES string of the molecule is O=Cc1cc([N+](=O)[O-])ccc1OCc1ccc([N+](=O)[O-])cc1.O=[N+]([O-])c1ccc(-c2cc3cc([N+](=O)[O-])ccc3o2)cc1. The Morgan fingerprint density at radius 1 is 0.628 bits per heavy atom. The van der Waals surface area contributed by atoms with Gasteiger partial charge in [-0.25, -0.2) is 0 Å². The fourth-order valence-electron chi connectivity index (χ4n) is 3.78. The first-order chi connectivity index (χ1) is 20.5. The Balaban J connectivity index is 0.000000197. The Kier molecular flexibility index (Phi) is 8.75. The van der Waals surface area contributed by atoms with E-state index in [0.717, 1.165) is 6.07 Å². The molecule has 1 aromatic heterocycles. The Labute approximate surface area is 240 Å². The molecular weight excluding hydrogens is 568 g/mol. The van der Waals surface area contributed by atoms with Gasteiger partial charge >= 0.3 is 0 Å². The lowest BCUT2D eigenvalue weighted by atomic mass is 10.1. The maximum Gasteiger partial charge on any atom is 0.270 e. The van der Waals surface area contributed by atoms with Crippen LogP contribution in [0.3, 0.4) is 0 Å². The number of carbonyl (C=O) groups is 1. The van der Waals surface area contributed by atoms with Crippen molar-refractivity contribution in [2.24, 2.45) is 0 Å². The smallest absolute Gasteiger partial charge is 0.270 e. The molecule has 5 rings (SSSR count). The second-order valence-corrected chi connectivity index (χ2v) is 8.70. The van der Waals surface area contributed by atoms with Gasteiger partial charge in [-0.2, -0.15) is 0 Å². The third-order valence-corrected chi connectivity index (χ3v) is 5.95. The fourth-order valence-corrected chi connectivity index (χ4v) is 3.78. The normalized spacial score (nSPS) is 10.3. The zero-order valence-electron chi connectivity index (χ0n) is 21.7. The van der Waals surface area contributed by atoms with E-state index in [2.05, 4.69) is 0 Å². The lowest BCUT2D eigenvalue weighted by Gasteiger charge is -2.08. The molecule has 15 nitrogen and oxygen atoms in total. The summed E-state index contributed by atoms with van der Waals surface area (Å²) in [6.45, 7) is 0.0800. The summed E-state index contributed by atoms with van der Waals surface area (Å²) >= 11 is 0. The van der Waals surface area contributed by atoms with E-state index in [-0.39, 0.29) is 40.7 Å². The van der Waals surface area contributed by atoms with Gasteiger partial charge in [-0.15, -0.1) is 0 Å². The van der Waals surface area contributed by atoms with Crippen LogP contribution in [0.2, 0.25) is 0 Å². The summed E-state index contributed by atoms with van der Waals surface area (Å²) in [6, 6.07) is 21.3. The van der Waals surface area contributed by atoms with Gasteiger partial charge in [-0.1, -0.05) is 0 Å². The fraction of sp³-hybridized carbons (Fsp3) is 0.0357. The minimum absolute atomic E-state index is 0.00880. The molecule has 0 radical (unpaired) electrons. The van der Waals surface area contributed by atoms with Crippen molar-refractivity contribution in [2.45, 2.75) is 6.61 Å². The van der Waals surface area contributed by atoms with Crippen LogP contribution in [-0.4, -0.2) is 26.0 Å². The van der Waals surface area contributed by atoms with Crippen LogP contribution in [0.15, 0.2) is 95.4 Å². The summed E-state index contributed by atoms with van der Waals surface area (Å²) in [5.41, 5.74) is 1.66. The van der Waals surface area contributed by atoms with Crippen LogP contribution in [-0.2, 0) is 6.61 Å². The zero-order valence-corrected chi connectivity index (χ0v) is 21.7. The molecule has 0 amide bonds. The lowest BCUT2D eigenvalue weighted by molar-refractivity contribution is -0.385. The summed E-state index contributed by atoms with van der Waals surface area (Å²) in [7, 11) is 0. The van der Waals surface area contributed by atoms with Gasteiger partial charge < -0.3 is 9.15 Å². The quantitative estimate of drug-likeness (QED) is 0.0993. The largest absolute Gasteiger partial charge is 0.488 e. The number of hydrogen-bond donors (Lipinski definition) is 0. The molecule has 0 aliphatic heterocycles. The van der Waals surface area contributed by atoms with E-state index in [9.17, 15) is 45.3 Å². The van der Waals surface area contributed by atoms with Crippen molar-refractivity contribution in [1.29, 1.82) is 0 Å². The number of fused-ring (bicyclic) bond motifs is 1. The highest BCUT2D eigenvalue weighted by atomic mass is 16.6. The van der Waals surface area contributed by atoms with E-state index in [1.54, 1.807) is 18.2 Å². The van der Waals surface area contributed by atoms with Crippen LogP contribution in [0.1, 0.15) is 15.9 Å². The summed E-state index contributed by atoms with van der Waals surface area (Å²) in [5.74, 6) is 0.708. The maximum absolute atomic E-state index is 11.0. The van der Waals surface area contributed by atoms with Crippen molar-refractivity contribution >= 4 is 40.0 Å². The molecule has 0 atom stereocenters. The van der Waals surface area contributed by atoms with Crippen molar-refractivity contribution in [3.05, 3.63) is 143 Å². The number of carbonyl (C=O) groups excluding carboxylic acids is 1. The molecule has 0 N–H and O–H groups in total. The number of nitro benzene ring substituents is 4. The Hall–Kier alpha value is -6.51. The summed E-state index contributed by atoms with van der Waals surface area (Å²) < 4.78 is 11.0. The second kappa shape index (κ2) is 12.8. The number of non-ortho nitro benzene ring substituents is 4. The number of aldehydes is 1. The molecule has 15 heteroatoms. The molecule has 0 saturated carbocycles. The van der Waals surface area contributed by atoms with Crippen molar-refractivity contribution in [3.8, 4) is 17.1 Å². The van der Waals surface area contributed by atoms with Crippen LogP contribution < -0.4 is 4.74 Å². The molecule has 0 aliphatic carbocycles. The number of furan rings is 1. The van der Waals surface area contributed by atoms with Crippen molar-refractivity contribution < 1.29 is 33.6 Å². The van der Waals surface area contributed by atoms with Crippen molar-refractivity contribution in [3.63, 3.8) is 0 Å². The Morgan fingerprint density at radius 2 is 1.14 bits per heavy atom. The Bertz CT molecular complexity index is 1850. The molecule has 216 valence electrons. The molecule has 0 fully saturated rings. The molecular formula is C28H18N4O11. The molecule has 0 saturated heterocycles. The molecule has 0 aliphatic rings. The number of ether oxygens (including phenoxy) is 1. The van der Waals surface area contributed by atoms with Gasteiger partial charge in [0.2, 0.25) is 0 Å². The molecule has 5 aromatic rings. The van der Waals surface area contributed by atoms with E-state index < -0.39 is 19.7 Å². The number of nitro groups is 4. The minimum Gasteiger partial charge on any atom is -0.488 e. The highest BCUT2D eigenvalue weighted by Crippen LogP contribution is 2.31. The van der Waals surface area contributed by atoms with Gasteiger partial charge in [0.1, 0.15) is 23.7 Å². The number of benzene rings is 4. The van der Waals surface area contributed by atoms with Crippen LogP contribution in [0.25, 0.3) is 22.3 Å². The summed E-state index contributed by atoms with van der Waals surface area (Å²) in [6.07, 6.45) is 0.470. The second-order valence-electron chi connectivity index (χ2n) is 8.70. The molecule has 0 bridgehead atoms. The number of hydrogen-bond acceptors (Lipinski definition) is 11. The van der Waals surface area contributed by atoms with Gasteiger partial charge in [0.15, 0.2) is 6.29 Å². The van der Waals surface area contributed by atoms with Crippen molar-refractivity contribution in [2.75, 3.05) is 0 Å². The van der Waals surface area contributed by atoms with Crippen molar-refractivity contribution in [1.82, 2.24) is 0 Å². The van der Waals surface area contributed by atoms with Crippen LogP contribution >= 0.6 is 0 Å². The van der Waals surface area contributed by atoms with E-state index in [4.69, 9.17) is 9.15 Å². The third kappa shape index (κ3) is 7.17. The van der Waals surface area contributed by atoms with Gasteiger partial charge in [-0.3, -0.25) is 45.3 Å². The first kappa shape index (κ1) is 29.5. The standard InChI is InChI=1S/C14H10N2O6.C14H8N2O5/c17-8-11-7-13(16(20)21)5-6-14(11)22-9-10-1-3-12(4-2-10)15(18)19;17-15(18)11-3-1-9(2-4-11)14-8-10-7-12(16(19)20)5-6-13(10)21-14/h1-8H,9H2;1-8H. The lowest BCUT2D eigenvalue weighted by Crippen LogP contribution is -1.99. The molecule has 1 heterocycles. The van der Waals surface area contributed by atoms with Crippen LogP contribution in [0.5, 0.6) is 5.75 Å². The van der Waals surface area contributed by atoms with E-state index >= 15 is 0 Å². The van der Waals surface area contributed by atoms with Gasteiger partial charge in [0, 0.05) is 59.5 Å². The third-order valence-electron chi connectivity index (χ3n) is 5.95. The van der Waals surface area contributed by atoms with Gasteiger partial charge in [-0.05, 0) is 48.0 Å². The highest BCUT2D eigenvalue weighted by Gasteiger charge is 2.14. The van der Waals surface area contributed by atoms with E-state index in [1.807, 2.05) is 0 Å². The molecule has 43 heavy (non-hydrogen) atoms. The maximum atomic E-state index is 11.0. The van der Waals surface area contributed by atoms with Gasteiger partial charge in [0.25, 0.3) is 22.7 Å². The zero-order chi connectivity index (χ0) is 31.1. The Morgan fingerprint density at radius 3 is 1.70 bits per heavy atom. The molecule has 0 unspecified atom stereocenters. The van der Waals surface area contributed by atoms with E-state index in [1.165, 1.54) is 66.7 Å². The summed E-state index contributed by atoms with van der Waals surface area (Å²) in [5, 5.41) is 43.1. The molecule has 4 aromatic carbocycles. The monoisotopic (exact) mass is 586 g/mol. The van der Waals surface area contributed by atoms with Crippen LogP contribution in [0.4, 0.5) is 22.7 Å². The average Bonchev–Trinajstić information content (AvgIpc) is 3.44. The van der Waals surface area contributed by atoms with Crippen LogP contribution in [0, 0.1) is 40.5 Å². The van der Waals surface area contributed by atoms with Gasteiger partial charge in [0.05, 0.1) is 25.3 Å². The predicted molar refractivity (Wildman–Crippen MR) is 151 cm³/mol. The molecule has 0 spiro atoms. The minimum atomic E-state index is -0.604. The number of nitrogens with zero attached hydrogens (tertiary/aromatic N) is 4. The predicted octanol–water partition coefficient (Wildman–Crippen LogP) is 6.81.